The van der Waals surface area contributed by atoms with Crippen molar-refractivity contribution < 1.29 is 22.4 Å². The molecule has 1 saturated heterocycles. The van der Waals surface area contributed by atoms with Crippen molar-refractivity contribution in [2.45, 2.75) is 18.4 Å². The number of carbonyl (C=O) groups is 2. The zero-order valence-electron chi connectivity index (χ0n) is 22.5. The number of carbonyl (C=O) groups excluding carboxylic acids is 2. The average molecular weight is 574 g/mol. The number of primary sulfonamides is 1. The van der Waals surface area contributed by atoms with E-state index in [1.54, 1.807) is 36.4 Å². The maximum atomic E-state index is 13.1. The second kappa shape index (κ2) is 11.9. The number of benzene rings is 3. The number of hydrogen-bond acceptors (Lipinski definition) is 7. The Hall–Kier alpha value is -4.61. The summed E-state index contributed by atoms with van der Waals surface area (Å²) in [4.78, 5) is 30.5. The fourth-order valence-electron chi connectivity index (χ4n) is 4.87. The normalized spacial score (nSPS) is 13.6. The molecule has 0 saturated carbocycles. The van der Waals surface area contributed by atoms with Gasteiger partial charge in [-0.25, -0.2) is 13.6 Å². The number of para-hydroxylation sites is 1. The predicted molar refractivity (Wildman–Crippen MR) is 158 cm³/mol. The molecule has 0 spiro atoms. The molecule has 0 atom stereocenters. The molecule has 5 rings (SSSR count). The van der Waals surface area contributed by atoms with Gasteiger partial charge in [0.25, 0.3) is 11.8 Å². The lowest BCUT2D eigenvalue weighted by atomic mass is 10.1. The number of rotatable bonds is 8. The summed E-state index contributed by atoms with van der Waals surface area (Å²) in [6.07, 6.45) is 1.43. The maximum absolute atomic E-state index is 13.1. The van der Waals surface area contributed by atoms with Gasteiger partial charge in [-0.3, -0.25) is 9.59 Å². The number of amides is 2. The van der Waals surface area contributed by atoms with Crippen LogP contribution in [0.25, 0.3) is 0 Å². The van der Waals surface area contributed by atoms with Crippen LogP contribution in [0.5, 0.6) is 0 Å². The summed E-state index contributed by atoms with van der Waals surface area (Å²) in [5.41, 5.74) is 4.63. The number of furan rings is 1. The molecular weight excluding hydrogens is 542 g/mol. The van der Waals surface area contributed by atoms with Gasteiger partial charge >= 0.3 is 0 Å². The molecule has 212 valence electrons. The number of sulfonamides is 1. The van der Waals surface area contributed by atoms with Gasteiger partial charge in [-0.05, 0) is 66.6 Å². The molecule has 0 bridgehead atoms. The molecule has 1 aliphatic rings. The van der Waals surface area contributed by atoms with E-state index in [9.17, 15) is 18.0 Å². The Balaban J connectivity index is 1.34. The number of aryl methyl sites for hydroxylation is 1. The third-order valence-electron chi connectivity index (χ3n) is 7.01. The topological polar surface area (TPSA) is 138 Å². The number of hydrogen-bond donors (Lipinski definition) is 3. The minimum Gasteiger partial charge on any atom is -0.459 e. The summed E-state index contributed by atoms with van der Waals surface area (Å²) < 4.78 is 28.6. The highest BCUT2D eigenvalue weighted by molar-refractivity contribution is 7.89. The molecule has 41 heavy (non-hydrogen) atoms. The maximum Gasteiger partial charge on any atom is 0.291 e. The Morgan fingerprint density at radius 1 is 0.854 bits per heavy atom. The van der Waals surface area contributed by atoms with Crippen LogP contribution in [0.15, 0.2) is 94.4 Å². The van der Waals surface area contributed by atoms with E-state index in [4.69, 9.17) is 9.56 Å². The van der Waals surface area contributed by atoms with Gasteiger partial charge in [-0.1, -0.05) is 30.3 Å². The summed E-state index contributed by atoms with van der Waals surface area (Å²) in [6, 6.07) is 22.8. The van der Waals surface area contributed by atoms with E-state index in [1.165, 1.54) is 29.6 Å². The molecule has 4 aromatic rings. The minimum absolute atomic E-state index is 0.0287. The van der Waals surface area contributed by atoms with Crippen LogP contribution < -0.4 is 25.6 Å². The fraction of sp³-hybridized carbons (Fsp3) is 0.200. The summed E-state index contributed by atoms with van der Waals surface area (Å²) in [7, 11) is -3.86. The zero-order valence-corrected chi connectivity index (χ0v) is 23.4. The van der Waals surface area contributed by atoms with Gasteiger partial charge in [0.2, 0.25) is 10.0 Å². The van der Waals surface area contributed by atoms with Crippen molar-refractivity contribution in [2.24, 2.45) is 5.14 Å². The van der Waals surface area contributed by atoms with Crippen LogP contribution in [0.4, 0.5) is 17.1 Å². The summed E-state index contributed by atoms with van der Waals surface area (Å²) in [6.45, 7) is 5.25. The lowest BCUT2D eigenvalue weighted by Gasteiger charge is -2.38. The number of nitrogens with zero attached hydrogens (tertiary/aromatic N) is 2. The van der Waals surface area contributed by atoms with Crippen LogP contribution in [0, 0.1) is 6.92 Å². The standard InChI is InChI=1S/C30H31N5O5S/c1-21-6-2-3-9-26(21)34-13-15-35(16-14-34)27-12-11-23(19-25(27)33-30(37)28-10-5-17-40-28)29(36)32-20-22-7-4-8-24(18-22)41(31,38)39/h2-12,17-19H,13-16,20H2,1H3,(H,32,36)(H,33,37)(H2,31,38,39). The first-order chi connectivity index (χ1) is 19.7. The first-order valence-electron chi connectivity index (χ1n) is 13.1. The molecule has 0 unspecified atom stereocenters. The molecule has 3 aromatic carbocycles. The molecule has 1 aromatic heterocycles. The molecule has 1 aliphatic heterocycles. The highest BCUT2D eigenvalue weighted by Gasteiger charge is 2.23. The average Bonchev–Trinajstić information content (AvgIpc) is 3.52. The zero-order chi connectivity index (χ0) is 29.0. The highest BCUT2D eigenvalue weighted by Crippen LogP contribution is 2.30. The molecule has 4 N–H and O–H groups in total. The molecule has 0 aliphatic carbocycles. The third kappa shape index (κ3) is 6.59. The Labute approximate surface area is 238 Å². The van der Waals surface area contributed by atoms with E-state index in [-0.39, 0.29) is 23.1 Å². The molecule has 1 fully saturated rings. The van der Waals surface area contributed by atoms with Gasteiger partial charge < -0.3 is 24.9 Å². The van der Waals surface area contributed by atoms with Gasteiger partial charge in [0, 0.05) is 44.0 Å². The highest BCUT2D eigenvalue weighted by atomic mass is 32.2. The first kappa shape index (κ1) is 27.9. The van der Waals surface area contributed by atoms with Crippen molar-refractivity contribution in [3.05, 3.63) is 108 Å². The van der Waals surface area contributed by atoms with E-state index in [2.05, 4.69) is 39.5 Å². The number of nitrogens with one attached hydrogen (secondary N) is 2. The van der Waals surface area contributed by atoms with Crippen molar-refractivity contribution in [3.8, 4) is 0 Å². The lowest BCUT2D eigenvalue weighted by molar-refractivity contribution is 0.0949. The molecule has 2 heterocycles. The molecule has 10 nitrogen and oxygen atoms in total. The second-order valence-corrected chi connectivity index (χ2v) is 11.4. The van der Waals surface area contributed by atoms with Crippen molar-refractivity contribution in [1.82, 2.24) is 5.32 Å². The Morgan fingerprint density at radius 3 is 2.27 bits per heavy atom. The van der Waals surface area contributed by atoms with Gasteiger partial charge in [0.1, 0.15) is 0 Å². The van der Waals surface area contributed by atoms with Gasteiger partial charge in [0.15, 0.2) is 5.76 Å². The van der Waals surface area contributed by atoms with Crippen molar-refractivity contribution in [2.75, 3.05) is 41.3 Å². The van der Waals surface area contributed by atoms with Crippen LogP contribution in [-0.4, -0.2) is 46.4 Å². The van der Waals surface area contributed by atoms with E-state index in [0.29, 0.717) is 16.8 Å². The van der Waals surface area contributed by atoms with Crippen LogP contribution >= 0.6 is 0 Å². The van der Waals surface area contributed by atoms with E-state index in [1.807, 2.05) is 18.2 Å². The Morgan fingerprint density at radius 2 is 1.59 bits per heavy atom. The van der Waals surface area contributed by atoms with E-state index >= 15 is 0 Å². The van der Waals surface area contributed by atoms with Gasteiger partial charge in [-0.15, -0.1) is 0 Å². The molecular formula is C30H31N5O5S. The van der Waals surface area contributed by atoms with Crippen LogP contribution in [0.1, 0.15) is 32.0 Å². The SMILES string of the molecule is Cc1ccccc1N1CCN(c2ccc(C(=O)NCc3cccc(S(N)(=O)=O)c3)cc2NC(=O)c2ccco2)CC1. The fourth-order valence-corrected chi connectivity index (χ4v) is 5.45. The van der Waals surface area contributed by atoms with Gasteiger partial charge in [0.05, 0.1) is 22.5 Å². The smallest absolute Gasteiger partial charge is 0.291 e. The first-order valence-corrected chi connectivity index (χ1v) is 14.7. The molecule has 0 radical (unpaired) electrons. The second-order valence-electron chi connectivity index (χ2n) is 9.80. The summed E-state index contributed by atoms with van der Waals surface area (Å²) in [5.74, 6) is -0.646. The van der Waals surface area contributed by atoms with Gasteiger partial charge in [-0.2, -0.15) is 0 Å². The Bertz CT molecular complexity index is 1660. The summed E-state index contributed by atoms with van der Waals surface area (Å²) in [5, 5.41) is 10.9. The summed E-state index contributed by atoms with van der Waals surface area (Å²) >= 11 is 0. The van der Waals surface area contributed by atoms with Crippen molar-refractivity contribution in [1.29, 1.82) is 0 Å². The monoisotopic (exact) mass is 573 g/mol. The largest absolute Gasteiger partial charge is 0.459 e. The number of nitrogens with two attached hydrogens (primary N) is 1. The molecule has 11 heteroatoms. The van der Waals surface area contributed by atoms with Crippen molar-refractivity contribution in [3.63, 3.8) is 0 Å². The minimum atomic E-state index is -3.86. The van der Waals surface area contributed by atoms with Crippen molar-refractivity contribution >= 4 is 38.9 Å². The number of anilines is 3. The Kier molecular flexibility index (Phi) is 8.09. The van der Waals surface area contributed by atoms with Crippen LogP contribution in [-0.2, 0) is 16.6 Å². The third-order valence-corrected chi connectivity index (χ3v) is 7.92. The number of piperazine rings is 1. The lowest BCUT2D eigenvalue weighted by Crippen LogP contribution is -2.47. The molecule has 2 amide bonds. The van der Waals surface area contributed by atoms with E-state index < -0.39 is 15.9 Å². The predicted octanol–water partition coefficient (Wildman–Crippen LogP) is 3.74. The van der Waals surface area contributed by atoms with Crippen LogP contribution in [0.3, 0.4) is 0 Å². The van der Waals surface area contributed by atoms with E-state index in [0.717, 1.165) is 31.9 Å². The van der Waals surface area contributed by atoms with Crippen LogP contribution in [0.2, 0.25) is 0 Å². The quantitative estimate of drug-likeness (QED) is 0.292.